The van der Waals surface area contributed by atoms with Crippen LogP contribution in [0.3, 0.4) is 0 Å². The van der Waals surface area contributed by atoms with Crippen LogP contribution in [0.5, 0.6) is 0 Å². The topological polar surface area (TPSA) is 106 Å². The van der Waals surface area contributed by atoms with E-state index < -0.39 is 17.5 Å². The molecule has 3 aromatic carbocycles. The molecular weight excluding hydrogens is 444 g/mol. The van der Waals surface area contributed by atoms with Crippen LogP contribution in [-0.4, -0.2) is 32.2 Å². The van der Waals surface area contributed by atoms with Crippen LogP contribution in [0.1, 0.15) is 29.7 Å². The molecule has 0 saturated heterocycles. The number of benzene rings is 3. The number of nitrogens with zero attached hydrogens (tertiary/aromatic N) is 3. The van der Waals surface area contributed by atoms with Crippen LogP contribution < -0.4 is 5.32 Å². The number of aliphatic carboxylic acids is 1. The minimum Gasteiger partial charge on any atom is -0.481 e. The van der Waals surface area contributed by atoms with Crippen LogP contribution in [0, 0.1) is 6.92 Å². The standard InChI is InChI=1S/C27H24N4O4/c1-18-24(28-26(34)35-17-19-5-3-2-4-6-19)31(30-29-18)23-13-9-21(10-14-23)20-7-11-22(12-8-20)27(15-16-27)25(32)33/h2-14H,15-17H2,1H3,(H,28,34)(H,32,33). The van der Waals surface area contributed by atoms with Crippen molar-refractivity contribution < 1.29 is 19.4 Å². The zero-order valence-electron chi connectivity index (χ0n) is 19.1. The lowest BCUT2D eigenvalue weighted by atomic mass is 9.94. The number of hydrogen-bond acceptors (Lipinski definition) is 5. The highest BCUT2D eigenvalue weighted by Gasteiger charge is 2.51. The van der Waals surface area contributed by atoms with Crippen molar-refractivity contribution in [3.63, 3.8) is 0 Å². The van der Waals surface area contributed by atoms with Gasteiger partial charge in [0.15, 0.2) is 5.82 Å². The second-order valence-electron chi connectivity index (χ2n) is 8.63. The van der Waals surface area contributed by atoms with Gasteiger partial charge in [0.25, 0.3) is 0 Å². The SMILES string of the molecule is Cc1nnn(-c2ccc(-c3ccc(C4(C(=O)O)CC4)cc3)cc2)c1NC(=O)OCc1ccccc1. The van der Waals surface area contributed by atoms with E-state index in [2.05, 4.69) is 15.6 Å². The minimum atomic E-state index is -0.758. The van der Waals surface area contributed by atoms with Crippen molar-refractivity contribution in [1.82, 2.24) is 15.0 Å². The third-order valence-corrected chi connectivity index (χ3v) is 6.31. The smallest absolute Gasteiger partial charge is 0.413 e. The molecule has 0 radical (unpaired) electrons. The lowest BCUT2D eigenvalue weighted by Crippen LogP contribution is -2.19. The van der Waals surface area contributed by atoms with Crippen molar-refractivity contribution in [2.45, 2.75) is 31.8 Å². The molecule has 0 aliphatic heterocycles. The van der Waals surface area contributed by atoms with E-state index in [1.54, 1.807) is 11.6 Å². The van der Waals surface area contributed by atoms with E-state index in [9.17, 15) is 14.7 Å². The maximum atomic E-state index is 12.4. The summed E-state index contributed by atoms with van der Waals surface area (Å²) >= 11 is 0. The van der Waals surface area contributed by atoms with Gasteiger partial charge in [0, 0.05) is 0 Å². The van der Waals surface area contributed by atoms with Crippen LogP contribution in [0.2, 0.25) is 0 Å². The summed E-state index contributed by atoms with van der Waals surface area (Å²) in [6.07, 6.45) is 0.778. The predicted octanol–water partition coefficient (Wildman–Crippen LogP) is 5.11. The molecule has 1 aliphatic carbocycles. The molecule has 1 amide bonds. The van der Waals surface area contributed by atoms with Crippen molar-refractivity contribution in [2.24, 2.45) is 0 Å². The number of amides is 1. The minimum absolute atomic E-state index is 0.161. The first-order valence-corrected chi connectivity index (χ1v) is 11.3. The average Bonchev–Trinajstić information content (AvgIpc) is 3.63. The van der Waals surface area contributed by atoms with E-state index in [-0.39, 0.29) is 6.61 Å². The molecule has 35 heavy (non-hydrogen) atoms. The average molecular weight is 469 g/mol. The van der Waals surface area contributed by atoms with E-state index in [4.69, 9.17) is 4.74 Å². The summed E-state index contributed by atoms with van der Waals surface area (Å²) in [7, 11) is 0. The van der Waals surface area contributed by atoms with Crippen LogP contribution in [0.25, 0.3) is 16.8 Å². The number of ether oxygens (including phenoxy) is 1. The molecule has 176 valence electrons. The fraction of sp³-hybridized carbons (Fsp3) is 0.185. The molecule has 8 nitrogen and oxygen atoms in total. The highest BCUT2D eigenvalue weighted by Crippen LogP contribution is 2.48. The van der Waals surface area contributed by atoms with Crippen LogP contribution in [-0.2, 0) is 21.6 Å². The Bertz CT molecular complexity index is 1360. The number of aryl methyl sites for hydroxylation is 1. The summed E-state index contributed by atoms with van der Waals surface area (Å²) in [6.45, 7) is 1.92. The molecule has 0 spiro atoms. The van der Waals surface area contributed by atoms with Gasteiger partial charge in [-0.25, -0.2) is 4.79 Å². The van der Waals surface area contributed by atoms with Gasteiger partial charge in [-0.15, -0.1) is 5.10 Å². The van der Waals surface area contributed by atoms with Crippen molar-refractivity contribution in [2.75, 3.05) is 5.32 Å². The molecule has 4 aromatic rings. The molecule has 0 unspecified atom stereocenters. The molecule has 0 bridgehead atoms. The lowest BCUT2D eigenvalue weighted by Gasteiger charge is -2.12. The van der Waals surface area contributed by atoms with Gasteiger partial charge in [-0.05, 0) is 54.2 Å². The Labute approximate surface area is 202 Å². The maximum absolute atomic E-state index is 12.4. The van der Waals surface area contributed by atoms with Gasteiger partial charge < -0.3 is 9.84 Å². The molecule has 1 aliphatic rings. The van der Waals surface area contributed by atoms with Gasteiger partial charge in [-0.1, -0.05) is 71.9 Å². The van der Waals surface area contributed by atoms with Gasteiger partial charge in [0.1, 0.15) is 12.3 Å². The van der Waals surface area contributed by atoms with Crippen molar-refractivity contribution >= 4 is 17.9 Å². The van der Waals surface area contributed by atoms with Crippen molar-refractivity contribution in [3.05, 3.63) is 95.7 Å². The van der Waals surface area contributed by atoms with Gasteiger partial charge in [-0.2, -0.15) is 4.68 Å². The van der Waals surface area contributed by atoms with Gasteiger partial charge >= 0.3 is 12.1 Å². The third-order valence-electron chi connectivity index (χ3n) is 6.31. The number of hydrogen-bond donors (Lipinski definition) is 2. The quantitative estimate of drug-likeness (QED) is 0.391. The van der Waals surface area contributed by atoms with Gasteiger partial charge in [0.05, 0.1) is 11.1 Å². The number of carboxylic acid groups (broad SMARTS) is 1. The van der Waals surface area contributed by atoms with Gasteiger partial charge in [-0.3, -0.25) is 10.1 Å². The number of carbonyl (C=O) groups excluding carboxylic acids is 1. The number of nitrogens with one attached hydrogen (secondary N) is 1. The molecule has 2 N–H and O–H groups in total. The van der Waals surface area contributed by atoms with Crippen LogP contribution in [0.15, 0.2) is 78.9 Å². The highest BCUT2D eigenvalue weighted by atomic mass is 16.5. The fourth-order valence-corrected chi connectivity index (χ4v) is 4.06. The van der Waals surface area contributed by atoms with Gasteiger partial charge in [0.2, 0.25) is 0 Å². The summed E-state index contributed by atoms with van der Waals surface area (Å²) in [5, 5.41) is 20.5. The van der Waals surface area contributed by atoms with Crippen LogP contribution in [0.4, 0.5) is 10.6 Å². The number of anilines is 1. The molecule has 1 aromatic heterocycles. The Morgan fingerprint density at radius 2 is 1.60 bits per heavy atom. The van der Waals surface area contributed by atoms with E-state index in [0.29, 0.717) is 24.4 Å². The van der Waals surface area contributed by atoms with E-state index in [0.717, 1.165) is 27.9 Å². The second kappa shape index (κ2) is 9.06. The lowest BCUT2D eigenvalue weighted by molar-refractivity contribution is -0.140. The first-order valence-electron chi connectivity index (χ1n) is 11.3. The number of rotatable bonds is 7. The third kappa shape index (κ3) is 4.50. The van der Waals surface area contributed by atoms with E-state index in [1.165, 1.54) is 0 Å². The Morgan fingerprint density at radius 3 is 2.20 bits per heavy atom. The molecule has 1 heterocycles. The maximum Gasteiger partial charge on any atom is 0.413 e. The van der Waals surface area contributed by atoms with Crippen LogP contribution >= 0.6 is 0 Å². The summed E-state index contributed by atoms with van der Waals surface area (Å²) in [5.74, 6) is -0.324. The van der Waals surface area contributed by atoms with E-state index in [1.807, 2.05) is 78.9 Å². The Morgan fingerprint density at radius 1 is 0.971 bits per heavy atom. The Kier molecular flexibility index (Phi) is 5.78. The Hall–Kier alpha value is -4.46. The molecule has 1 saturated carbocycles. The molecule has 1 fully saturated rings. The Balaban J connectivity index is 1.29. The first-order chi connectivity index (χ1) is 17.0. The molecular formula is C27H24N4O4. The zero-order valence-corrected chi connectivity index (χ0v) is 19.1. The summed E-state index contributed by atoms with van der Waals surface area (Å²) in [6, 6.07) is 24.8. The summed E-state index contributed by atoms with van der Waals surface area (Å²) in [5.41, 5.74) is 4.29. The highest BCUT2D eigenvalue weighted by molar-refractivity contribution is 5.85. The summed E-state index contributed by atoms with van der Waals surface area (Å²) < 4.78 is 6.87. The first kappa shape index (κ1) is 22.3. The molecule has 8 heteroatoms. The number of carbonyl (C=O) groups is 2. The zero-order chi connectivity index (χ0) is 24.4. The van der Waals surface area contributed by atoms with E-state index >= 15 is 0 Å². The normalized spacial score (nSPS) is 13.7. The van der Waals surface area contributed by atoms with Crippen molar-refractivity contribution in [3.8, 4) is 16.8 Å². The van der Waals surface area contributed by atoms with Crippen molar-refractivity contribution in [1.29, 1.82) is 0 Å². The summed E-state index contributed by atoms with van der Waals surface area (Å²) in [4.78, 5) is 23.9. The largest absolute Gasteiger partial charge is 0.481 e. The number of carboxylic acids is 1. The number of aromatic nitrogens is 3. The fourth-order valence-electron chi connectivity index (χ4n) is 4.06. The predicted molar refractivity (Wildman–Crippen MR) is 130 cm³/mol. The molecule has 0 atom stereocenters. The second-order valence-corrected chi connectivity index (χ2v) is 8.63. The molecule has 5 rings (SSSR count). The monoisotopic (exact) mass is 468 g/mol.